The SMILES string of the molecule is COc1ccc(-n2c(-c3ccccc3)cc(-c3ccccc3)c(C(C)=O)c2=O)cc1. The molecular weight excluding hydrogens is 374 g/mol. The average Bonchev–Trinajstić information content (AvgIpc) is 2.79. The molecule has 0 spiro atoms. The van der Waals surface area contributed by atoms with Crippen LogP contribution in [0.25, 0.3) is 28.1 Å². The van der Waals surface area contributed by atoms with Gasteiger partial charge in [0.15, 0.2) is 5.78 Å². The Kier molecular flexibility index (Phi) is 5.31. The second kappa shape index (κ2) is 8.21. The van der Waals surface area contributed by atoms with Crippen LogP contribution in [-0.2, 0) is 0 Å². The maximum atomic E-state index is 13.7. The second-order valence-electron chi connectivity index (χ2n) is 6.95. The van der Waals surface area contributed by atoms with Gasteiger partial charge in [-0.3, -0.25) is 14.2 Å². The van der Waals surface area contributed by atoms with E-state index in [-0.39, 0.29) is 16.9 Å². The fraction of sp³-hybridized carbons (Fsp3) is 0.0769. The zero-order chi connectivity index (χ0) is 21.1. The normalized spacial score (nSPS) is 10.6. The molecule has 0 bridgehead atoms. The number of carbonyl (C=O) groups is 1. The lowest BCUT2D eigenvalue weighted by atomic mass is 9.96. The summed E-state index contributed by atoms with van der Waals surface area (Å²) in [7, 11) is 1.60. The Balaban J connectivity index is 2.09. The number of carbonyl (C=O) groups excluding carboxylic acids is 1. The molecule has 0 aliphatic carbocycles. The molecule has 0 atom stereocenters. The molecule has 4 heteroatoms. The van der Waals surface area contributed by atoms with Crippen molar-refractivity contribution in [2.24, 2.45) is 0 Å². The number of pyridine rings is 1. The summed E-state index contributed by atoms with van der Waals surface area (Å²) in [5.41, 5.74) is 3.58. The number of benzene rings is 3. The van der Waals surface area contributed by atoms with Crippen LogP contribution in [0.5, 0.6) is 5.75 Å². The Morgan fingerprint density at radius 1 is 0.800 bits per heavy atom. The predicted molar refractivity (Wildman–Crippen MR) is 119 cm³/mol. The third kappa shape index (κ3) is 3.55. The van der Waals surface area contributed by atoms with Gasteiger partial charge in [0, 0.05) is 11.3 Å². The fourth-order valence-electron chi connectivity index (χ4n) is 3.60. The van der Waals surface area contributed by atoms with E-state index < -0.39 is 0 Å². The molecule has 0 saturated heterocycles. The molecule has 0 unspecified atom stereocenters. The van der Waals surface area contributed by atoms with E-state index >= 15 is 0 Å². The number of hydrogen-bond donors (Lipinski definition) is 0. The Hall–Kier alpha value is -3.92. The Bertz CT molecular complexity index is 1240. The van der Waals surface area contributed by atoms with Crippen molar-refractivity contribution in [3.63, 3.8) is 0 Å². The number of nitrogens with zero attached hydrogens (tertiary/aromatic N) is 1. The summed E-state index contributed by atoms with van der Waals surface area (Å²) in [5.74, 6) is 0.432. The molecule has 148 valence electrons. The van der Waals surface area contributed by atoms with Crippen molar-refractivity contribution in [3.8, 4) is 33.8 Å². The molecular formula is C26H21NO3. The zero-order valence-corrected chi connectivity index (χ0v) is 16.8. The van der Waals surface area contributed by atoms with Crippen LogP contribution in [0.1, 0.15) is 17.3 Å². The average molecular weight is 395 g/mol. The number of ether oxygens (including phenoxy) is 1. The van der Waals surface area contributed by atoms with E-state index in [4.69, 9.17) is 4.74 Å². The highest BCUT2D eigenvalue weighted by molar-refractivity contribution is 6.01. The number of rotatable bonds is 5. The number of hydrogen-bond acceptors (Lipinski definition) is 3. The number of Topliss-reactive ketones (excluding diaryl/α,β-unsaturated/α-hetero) is 1. The van der Waals surface area contributed by atoms with Crippen molar-refractivity contribution in [1.29, 1.82) is 0 Å². The van der Waals surface area contributed by atoms with Crippen molar-refractivity contribution >= 4 is 5.78 Å². The lowest BCUT2D eigenvalue weighted by molar-refractivity contribution is 0.101. The van der Waals surface area contributed by atoms with Crippen LogP contribution in [0.2, 0.25) is 0 Å². The van der Waals surface area contributed by atoms with Gasteiger partial charge in [0.2, 0.25) is 0 Å². The summed E-state index contributed by atoms with van der Waals surface area (Å²) in [6, 6.07) is 28.4. The second-order valence-corrected chi connectivity index (χ2v) is 6.95. The molecule has 1 heterocycles. The Morgan fingerprint density at radius 2 is 1.37 bits per heavy atom. The van der Waals surface area contributed by atoms with E-state index in [9.17, 15) is 9.59 Å². The van der Waals surface area contributed by atoms with Crippen molar-refractivity contribution in [2.75, 3.05) is 7.11 Å². The van der Waals surface area contributed by atoms with Gasteiger partial charge < -0.3 is 4.74 Å². The maximum Gasteiger partial charge on any atom is 0.267 e. The van der Waals surface area contributed by atoms with Crippen LogP contribution >= 0.6 is 0 Å². The quantitative estimate of drug-likeness (QED) is 0.426. The molecule has 30 heavy (non-hydrogen) atoms. The molecule has 0 aliphatic heterocycles. The topological polar surface area (TPSA) is 48.3 Å². The van der Waals surface area contributed by atoms with E-state index in [0.29, 0.717) is 17.0 Å². The molecule has 1 aromatic heterocycles. The van der Waals surface area contributed by atoms with E-state index in [1.165, 1.54) is 6.92 Å². The molecule has 0 N–H and O–H groups in total. The van der Waals surface area contributed by atoms with E-state index in [1.54, 1.807) is 23.8 Å². The van der Waals surface area contributed by atoms with E-state index in [2.05, 4.69) is 0 Å². The first-order valence-corrected chi connectivity index (χ1v) is 9.66. The standard InChI is InChI=1S/C26H21NO3/c1-18(28)25-23(19-9-5-3-6-10-19)17-24(20-11-7-4-8-12-20)27(26(25)29)21-13-15-22(30-2)16-14-21/h3-17H,1-2H3. The number of aromatic nitrogens is 1. The smallest absolute Gasteiger partial charge is 0.267 e. The van der Waals surface area contributed by atoms with Crippen LogP contribution in [0.4, 0.5) is 0 Å². The van der Waals surface area contributed by atoms with Crippen LogP contribution in [0.15, 0.2) is 95.8 Å². The number of methoxy groups -OCH3 is 1. The molecule has 0 aliphatic rings. The molecule has 4 rings (SSSR count). The predicted octanol–water partition coefficient (Wildman–Crippen LogP) is 5.38. The largest absolute Gasteiger partial charge is 0.497 e. The lowest BCUT2D eigenvalue weighted by Gasteiger charge is -2.18. The molecule has 4 nitrogen and oxygen atoms in total. The highest BCUT2D eigenvalue weighted by Gasteiger charge is 2.21. The Morgan fingerprint density at radius 3 is 1.90 bits per heavy atom. The summed E-state index contributed by atoms with van der Waals surface area (Å²) in [4.78, 5) is 26.2. The molecule has 0 radical (unpaired) electrons. The third-order valence-electron chi connectivity index (χ3n) is 5.05. The first kappa shape index (κ1) is 19.4. The van der Waals surface area contributed by atoms with Crippen LogP contribution in [-0.4, -0.2) is 17.5 Å². The van der Waals surface area contributed by atoms with Gasteiger partial charge in [-0.2, -0.15) is 0 Å². The minimum atomic E-state index is -0.340. The van der Waals surface area contributed by atoms with Crippen molar-refractivity contribution in [2.45, 2.75) is 6.92 Å². The van der Waals surface area contributed by atoms with Gasteiger partial charge in [-0.1, -0.05) is 60.7 Å². The highest BCUT2D eigenvalue weighted by Crippen LogP contribution is 2.30. The first-order valence-electron chi connectivity index (χ1n) is 9.66. The molecule has 4 aromatic rings. The third-order valence-corrected chi connectivity index (χ3v) is 5.05. The summed E-state index contributed by atoms with van der Waals surface area (Å²) in [5, 5.41) is 0. The first-order chi connectivity index (χ1) is 14.6. The molecule has 0 saturated carbocycles. The van der Waals surface area contributed by atoms with Gasteiger partial charge in [0.25, 0.3) is 5.56 Å². The van der Waals surface area contributed by atoms with Gasteiger partial charge >= 0.3 is 0 Å². The van der Waals surface area contributed by atoms with Gasteiger partial charge in [-0.15, -0.1) is 0 Å². The van der Waals surface area contributed by atoms with Crippen molar-refractivity contribution in [1.82, 2.24) is 4.57 Å². The van der Waals surface area contributed by atoms with Crippen molar-refractivity contribution < 1.29 is 9.53 Å². The van der Waals surface area contributed by atoms with Crippen LogP contribution in [0, 0.1) is 0 Å². The Labute approximate surface area is 175 Å². The summed E-state index contributed by atoms with van der Waals surface area (Å²) < 4.78 is 6.84. The molecule has 3 aromatic carbocycles. The van der Waals surface area contributed by atoms with E-state index in [1.807, 2.05) is 78.9 Å². The van der Waals surface area contributed by atoms with Crippen molar-refractivity contribution in [3.05, 3.63) is 107 Å². The highest BCUT2D eigenvalue weighted by atomic mass is 16.5. The van der Waals surface area contributed by atoms with Gasteiger partial charge in [-0.25, -0.2) is 0 Å². The maximum absolute atomic E-state index is 13.7. The fourth-order valence-corrected chi connectivity index (χ4v) is 3.60. The van der Waals surface area contributed by atoms with Gasteiger partial charge in [0.1, 0.15) is 5.75 Å². The molecule has 0 fully saturated rings. The molecule has 0 amide bonds. The van der Waals surface area contributed by atoms with Gasteiger partial charge in [0.05, 0.1) is 18.4 Å². The zero-order valence-electron chi connectivity index (χ0n) is 16.8. The summed E-state index contributed by atoms with van der Waals surface area (Å²) in [6.07, 6.45) is 0. The number of ketones is 1. The van der Waals surface area contributed by atoms with Crippen LogP contribution in [0.3, 0.4) is 0 Å². The monoisotopic (exact) mass is 395 g/mol. The van der Waals surface area contributed by atoms with Gasteiger partial charge in [-0.05, 0) is 48.4 Å². The lowest BCUT2D eigenvalue weighted by Crippen LogP contribution is -2.27. The minimum Gasteiger partial charge on any atom is -0.497 e. The summed E-state index contributed by atoms with van der Waals surface area (Å²) in [6.45, 7) is 1.43. The summed E-state index contributed by atoms with van der Waals surface area (Å²) >= 11 is 0. The van der Waals surface area contributed by atoms with E-state index in [0.717, 1.165) is 16.8 Å². The minimum absolute atomic E-state index is 0.177. The van der Waals surface area contributed by atoms with Crippen LogP contribution < -0.4 is 10.3 Å².